The smallest absolute Gasteiger partial charge is 0.137 e. The van der Waals surface area contributed by atoms with Crippen LogP contribution in [-0.4, -0.2) is 19.2 Å². The molecule has 3 nitrogen and oxygen atoms in total. The van der Waals surface area contributed by atoms with Crippen LogP contribution in [0.15, 0.2) is 34.9 Å². The molecule has 1 aromatic carbocycles. The fourth-order valence-electron chi connectivity index (χ4n) is 2.18. The number of hydrogen-bond donors (Lipinski definition) is 1. The van der Waals surface area contributed by atoms with E-state index in [1.807, 2.05) is 24.3 Å². The van der Waals surface area contributed by atoms with Crippen molar-refractivity contribution in [1.82, 2.24) is 5.32 Å². The summed E-state index contributed by atoms with van der Waals surface area (Å²) in [7, 11) is 0. The average molecular weight is 217 g/mol. The lowest BCUT2D eigenvalue weighted by atomic mass is 10.2. The molecule has 1 N–H and O–H groups in total. The molecule has 0 aliphatic carbocycles. The van der Waals surface area contributed by atoms with E-state index in [0.29, 0.717) is 6.04 Å². The van der Waals surface area contributed by atoms with Gasteiger partial charge < -0.3 is 14.5 Å². The Hall–Kier alpha value is -1.48. The SMILES string of the molecule is c1cc(OCC2CCCN2)c2ccoc2c1. The number of ether oxygens (including phenoxy) is 1. The second-order valence-electron chi connectivity index (χ2n) is 4.19. The average Bonchev–Trinajstić information content (AvgIpc) is 2.97. The molecule has 1 fully saturated rings. The Morgan fingerprint density at radius 3 is 3.25 bits per heavy atom. The van der Waals surface area contributed by atoms with Crippen molar-refractivity contribution in [3.8, 4) is 5.75 Å². The molecule has 1 aliphatic heterocycles. The van der Waals surface area contributed by atoms with Gasteiger partial charge in [0.15, 0.2) is 0 Å². The Kier molecular flexibility index (Phi) is 2.54. The van der Waals surface area contributed by atoms with Crippen LogP contribution >= 0.6 is 0 Å². The molecular weight excluding hydrogens is 202 g/mol. The van der Waals surface area contributed by atoms with Gasteiger partial charge in [-0.05, 0) is 37.6 Å². The van der Waals surface area contributed by atoms with Gasteiger partial charge in [0.25, 0.3) is 0 Å². The summed E-state index contributed by atoms with van der Waals surface area (Å²) in [6.07, 6.45) is 4.16. The number of fused-ring (bicyclic) bond motifs is 1. The summed E-state index contributed by atoms with van der Waals surface area (Å²) >= 11 is 0. The van der Waals surface area contributed by atoms with Crippen molar-refractivity contribution in [2.75, 3.05) is 13.2 Å². The fraction of sp³-hybridized carbons (Fsp3) is 0.385. The first kappa shape index (κ1) is 9.73. The van der Waals surface area contributed by atoms with Gasteiger partial charge in [-0.25, -0.2) is 0 Å². The third-order valence-corrected chi connectivity index (χ3v) is 3.06. The van der Waals surface area contributed by atoms with Crippen LogP contribution in [0.5, 0.6) is 5.75 Å². The second kappa shape index (κ2) is 4.18. The van der Waals surface area contributed by atoms with E-state index in [1.165, 1.54) is 12.8 Å². The molecule has 3 rings (SSSR count). The minimum atomic E-state index is 0.502. The van der Waals surface area contributed by atoms with E-state index in [0.717, 1.165) is 29.9 Å². The fourth-order valence-corrected chi connectivity index (χ4v) is 2.18. The summed E-state index contributed by atoms with van der Waals surface area (Å²) in [5, 5.41) is 4.48. The molecule has 1 unspecified atom stereocenters. The van der Waals surface area contributed by atoms with E-state index < -0.39 is 0 Å². The highest BCUT2D eigenvalue weighted by Gasteiger charge is 2.15. The van der Waals surface area contributed by atoms with E-state index >= 15 is 0 Å². The molecule has 16 heavy (non-hydrogen) atoms. The molecule has 1 atom stereocenters. The molecule has 1 saturated heterocycles. The van der Waals surface area contributed by atoms with E-state index in [-0.39, 0.29) is 0 Å². The van der Waals surface area contributed by atoms with Crippen molar-refractivity contribution in [3.63, 3.8) is 0 Å². The Morgan fingerprint density at radius 1 is 1.38 bits per heavy atom. The molecule has 0 amide bonds. The molecule has 0 saturated carbocycles. The topological polar surface area (TPSA) is 34.4 Å². The molecule has 0 spiro atoms. The third-order valence-electron chi connectivity index (χ3n) is 3.06. The van der Waals surface area contributed by atoms with Crippen molar-refractivity contribution in [1.29, 1.82) is 0 Å². The predicted molar refractivity (Wildman–Crippen MR) is 62.7 cm³/mol. The van der Waals surface area contributed by atoms with Crippen molar-refractivity contribution in [2.45, 2.75) is 18.9 Å². The number of furan rings is 1. The van der Waals surface area contributed by atoms with Crippen LogP contribution in [0.25, 0.3) is 11.0 Å². The second-order valence-corrected chi connectivity index (χ2v) is 4.19. The van der Waals surface area contributed by atoms with Crippen LogP contribution in [-0.2, 0) is 0 Å². The zero-order chi connectivity index (χ0) is 10.8. The van der Waals surface area contributed by atoms with Gasteiger partial charge in [0.05, 0.1) is 11.6 Å². The van der Waals surface area contributed by atoms with Gasteiger partial charge >= 0.3 is 0 Å². The van der Waals surface area contributed by atoms with Crippen LogP contribution in [0.3, 0.4) is 0 Å². The molecule has 2 heterocycles. The van der Waals surface area contributed by atoms with Crippen LogP contribution in [0.4, 0.5) is 0 Å². The van der Waals surface area contributed by atoms with Crippen LogP contribution in [0.1, 0.15) is 12.8 Å². The predicted octanol–water partition coefficient (Wildman–Crippen LogP) is 2.56. The first-order valence-corrected chi connectivity index (χ1v) is 5.76. The molecule has 2 aromatic rings. The molecule has 0 radical (unpaired) electrons. The summed E-state index contributed by atoms with van der Waals surface area (Å²) in [5.41, 5.74) is 0.886. The third kappa shape index (κ3) is 1.78. The van der Waals surface area contributed by atoms with Crippen molar-refractivity contribution >= 4 is 11.0 Å². The zero-order valence-electron chi connectivity index (χ0n) is 9.11. The van der Waals surface area contributed by atoms with Gasteiger partial charge in [0.2, 0.25) is 0 Å². The molecular formula is C13H15NO2. The normalized spacial score (nSPS) is 20.4. The minimum Gasteiger partial charge on any atom is -0.491 e. The molecule has 0 bridgehead atoms. The van der Waals surface area contributed by atoms with Crippen molar-refractivity contribution in [3.05, 3.63) is 30.5 Å². The van der Waals surface area contributed by atoms with Gasteiger partial charge in [-0.3, -0.25) is 0 Å². The summed E-state index contributed by atoms with van der Waals surface area (Å²) < 4.78 is 11.2. The van der Waals surface area contributed by atoms with Gasteiger partial charge in [0, 0.05) is 6.04 Å². The molecule has 84 valence electrons. The van der Waals surface area contributed by atoms with Crippen LogP contribution < -0.4 is 10.1 Å². The monoisotopic (exact) mass is 217 g/mol. The van der Waals surface area contributed by atoms with E-state index in [1.54, 1.807) is 6.26 Å². The van der Waals surface area contributed by atoms with Gasteiger partial charge in [-0.15, -0.1) is 0 Å². The maximum atomic E-state index is 5.84. The van der Waals surface area contributed by atoms with E-state index in [9.17, 15) is 0 Å². The first-order valence-electron chi connectivity index (χ1n) is 5.76. The summed E-state index contributed by atoms with van der Waals surface area (Å²) in [5.74, 6) is 0.917. The summed E-state index contributed by atoms with van der Waals surface area (Å²) in [6.45, 7) is 1.86. The quantitative estimate of drug-likeness (QED) is 0.858. The van der Waals surface area contributed by atoms with Crippen molar-refractivity contribution in [2.24, 2.45) is 0 Å². The number of nitrogens with one attached hydrogen (secondary N) is 1. The van der Waals surface area contributed by atoms with E-state index in [2.05, 4.69) is 5.32 Å². The molecule has 1 aromatic heterocycles. The maximum Gasteiger partial charge on any atom is 0.137 e. The minimum absolute atomic E-state index is 0.502. The lowest BCUT2D eigenvalue weighted by molar-refractivity contribution is 0.280. The van der Waals surface area contributed by atoms with Crippen LogP contribution in [0.2, 0.25) is 0 Å². The Bertz CT molecular complexity index is 471. The Balaban J connectivity index is 1.75. The highest BCUT2D eigenvalue weighted by atomic mass is 16.5. The van der Waals surface area contributed by atoms with Crippen molar-refractivity contribution < 1.29 is 9.15 Å². The molecule has 1 aliphatic rings. The summed E-state index contributed by atoms with van der Waals surface area (Å²) in [6, 6.07) is 8.36. The number of benzene rings is 1. The Labute approximate surface area is 94.4 Å². The lowest BCUT2D eigenvalue weighted by Crippen LogP contribution is -2.28. The highest BCUT2D eigenvalue weighted by Crippen LogP contribution is 2.26. The van der Waals surface area contributed by atoms with Gasteiger partial charge in [0.1, 0.15) is 17.9 Å². The maximum absolute atomic E-state index is 5.84. The highest BCUT2D eigenvalue weighted by molar-refractivity contribution is 5.83. The standard InChI is InChI=1S/C13H15NO2/c1-4-12-11(6-8-15-12)13(5-1)16-9-10-3-2-7-14-10/h1,4-6,8,10,14H,2-3,7,9H2. The number of hydrogen-bond acceptors (Lipinski definition) is 3. The van der Waals surface area contributed by atoms with Gasteiger partial charge in [-0.1, -0.05) is 6.07 Å². The Morgan fingerprint density at radius 2 is 2.38 bits per heavy atom. The zero-order valence-corrected chi connectivity index (χ0v) is 9.11. The number of rotatable bonds is 3. The lowest BCUT2D eigenvalue weighted by Gasteiger charge is -2.12. The largest absolute Gasteiger partial charge is 0.491 e. The first-order chi connectivity index (χ1) is 7.93. The molecule has 3 heteroatoms. The van der Waals surface area contributed by atoms with E-state index in [4.69, 9.17) is 9.15 Å². The van der Waals surface area contributed by atoms with Crippen LogP contribution in [0, 0.1) is 0 Å². The van der Waals surface area contributed by atoms with Gasteiger partial charge in [-0.2, -0.15) is 0 Å². The summed E-state index contributed by atoms with van der Waals surface area (Å²) in [4.78, 5) is 0.